The van der Waals surface area contributed by atoms with Gasteiger partial charge in [-0.15, -0.1) is 0 Å². The van der Waals surface area contributed by atoms with Gasteiger partial charge in [0.25, 0.3) is 0 Å². The van der Waals surface area contributed by atoms with Gasteiger partial charge in [0.1, 0.15) is 5.82 Å². The molecule has 0 aliphatic heterocycles. The molecule has 0 saturated carbocycles. The van der Waals surface area contributed by atoms with Gasteiger partial charge in [0.2, 0.25) is 0 Å². The molecule has 1 unspecified atom stereocenters. The van der Waals surface area contributed by atoms with Gasteiger partial charge in [0, 0.05) is 30.4 Å². The number of pyridine rings is 1. The lowest BCUT2D eigenvalue weighted by Crippen LogP contribution is -2.39. The minimum absolute atomic E-state index is 0.266. The van der Waals surface area contributed by atoms with Gasteiger partial charge in [-0.25, -0.2) is 4.39 Å². The minimum Gasteiger partial charge on any atom is -0.388 e. The molecular weight excluding hydrogens is 275 g/mol. The topological polar surface area (TPSA) is 45.1 Å². The first-order valence-electron chi connectivity index (χ1n) is 6.47. The van der Waals surface area contributed by atoms with Crippen LogP contribution in [-0.2, 0) is 6.54 Å². The van der Waals surface area contributed by atoms with Gasteiger partial charge in [-0.2, -0.15) is 11.8 Å². The van der Waals surface area contributed by atoms with E-state index >= 15 is 0 Å². The van der Waals surface area contributed by atoms with E-state index in [4.69, 9.17) is 0 Å². The van der Waals surface area contributed by atoms with Crippen molar-refractivity contribution in [3.05, 3.63) is 41.8 Å². The van der Waals surface area contributed by atoms with E-state index in [1.54, 1.807) is 30.9 Å². The van der Waals surface area contributed by atoms with Crippen LogP contribution in [0.2, 0.25) is 0 Å². The quantitative estimate of drug-likeness (QED) is 0.859. The molecule has 1 aromatic carbocycles. The second kappa shape index (κ2) is 6.52. The van der Waals surface area contributed by atoms with Crippen LogP contribution in [0.15, 0.2) is 30.5 Å². The summed E-state index contributed by atoms with van der Waals surface area (Å²) in [6.45, 7) is 2.73. The summed E-state index contributed by atoms with van der Waals surface area (Å²) < 4.78 is 13.6. The molecule has 0 aliphatic carbocycles. The molecule has 2 N–H and O–H groups in total. The lowest BCUT2D eigenvalue weighted by atomic mass is 10.1. The molecule has 0 amide bonds. The van der Waals surface area contributed by atoms with Crippen molar-refractivity contribution in [2.24, 2.45) is 0 Å². The fourth-order valence-corrected chi connectivity index (χ4v) is 2.91. The highest BCUT2D eigenvalue weighted by Gasteiger charge is 2.18. The third-order valence-corrected chi connectivity index (χ3v) is 3.94. The van der Waals surface area contributed by atoms with Crippen LogP contribution in [0.3, 0.4) is 0 Å². The van der Waals surface area contributed by atoms with E-state index in [0.717, 1.165) is 16.5 Å². The summed E-state index contributed by atoms with van der Waals surface area (Å²) in [5.74, 6) is 0.389. The maximum atomic E-state index is 13.6. The smallest absolute Gasteiger partial charge is 0.124 e. The molecule has 5 heteroatoms. The number of fused-ring (bicyclic) bond motifs is 1. The van der Waals surface area contributed by atoms with Crippen molar-refractivity contribution in [3.63, 3.8) is 0 Å². The van der Waals surface area contributed by atoms with Crippen molar-refractivity contribution in [2.45, 2.75) is 19.1 Å². The van der Waals surface area contributed by atoms with Crippen molar-refractivity contribution in [2.75, 3.05) is 18.6 Å². The molecule has 1 heterocycles. The van der Waals surface area contributed by atoms with Crippen molar-refractivity contribution in [3.8, 4) is 0 Å². The molecule has 1 aromatic heterocycles. The maximum absolute atomic E-state index is 13.6. The molecular formula is C15H19FN2OS. The van der Waals surface area contributed by atoms with E-state index in [2.05, 4.69) is 10.3 Å². The van der Waals surface area contributed by atoms with Crippen LogP contribution in [0.1, 0.15) is 12.5 Å². The molecule has 20 heavy (non-hydrogen) atoms. The summed E-state index contributed by atoms with van der Waals surface area (Å²) >= 11 is 1.60. The zero-order valence-electron chi connectivity index (χ0n) is 11.7. The Bertz CT molecular complexity index is 589. The predicted molar refractivity (Wildman–Crippen MR) is 82.4 cm³/mol. The summed E-state index contributed by atoms with van der Waals surface area (Å²) in [6.07, 6.45) is 3.66. The molecule has 0 fully saturated rings. The highest BCUT2D eigenvalue weighted by atomic mass is 32.2. The van der Waals surface area contributed by atoms with E-state index in [1.807, 2.05) is 12.3 Å². The first-order valence-corrected chi connectivity index (χ1v) is 7.86. The molecule has 0 saturated heterocycles. The Hall–Kier alpha value is -1.17. The number of nitrogens with one attached hydrogen (secondary N) is 1. The van der Waals surface area contributed by atoms with Crippen LogP contribution in [0.4, 0.5) is 4.39 Å². The van der Waals surface area contributed by atoms with Gasteiger partial charge in [0.15, 0.2) is 0 Å². The van der Waals surface area contributed by atoms with E-state index < -0.39 is 5.60 Å². The normalized spacial score (nSPS) is 14.4. The summed E-state index contributed by atoms with van der Waals surface area (Å²) in [4.78, 5) is 4.30. The molecule has 108 valence electrons. The average molecular weight is 294 g/mol. The molecule has 0 bridgehead atoms. The minimum atomic E-state index is -0.768. The molecule has 0 spiro atoms. The predicted octanol–water partition coefficient (Wildman–Crippen LogP) is 2.58. The van der Waals surface area contributed by atoms with E-state index in [-0.39, 0.29) is 5.82 Å². The van der Waals surface area contributed by atoms with Crippen LogP contribution in [0.25, 0.3) is 10.9 Å². The molecule has 2 aromatic rings. The summed E-state index contributed by atoms with van der Waals surface area (Å²) in [5, 5.41) is 14.1. The van der Waals surface area contributed by atoms with Gasteiger partial charge >= 0.3 is 0 Å². The van der Waals surface area contributed by atoms with Gasteiger partial charge in [-0.1, -0.05) is 6.07 Å². The van der Waals surface area contributed by atoms with Crippen molar-refractivity contribution < 1.29 is 9.50 Å². The third kappa shape index (κ3) is 3.91. The first kappa shape index (κ1) is 15.2. The number of benzene rings is 1. The van der Waals surface area contributed by atoms with Crippen molar-refractivity contribution in [1.82, 2.24) is 10.3 Å². The zero-order chi connectivity index (χ0) is 14.6. The highest BCUT2D eigenvalue weighted by molar-refractivity contribution is 7.98. The number of nitrogens with zero attached hydrogens (tertiary/aromatic N) is 1. The van der Waals surface area contributed by atoms with Gasteiger partial charge in [0.05, 0.1) is 11.1 Å². The summed E-state index contributed by atoms with van der Waals surface area (Å²) in [6, 6.07) is 6.61. The Labute approximate surface area is 122 Å². The number of hydrogen-bond donors (Lipinski definition) is 2. The lowest BCUT2D eigenvalue weighted by molar-refractivity contribution is 0.0846. The molecule has 1 atom stereocenters. The van der Waals surface area contributed by atoms with E-state index in [0.29, 0.717) is 18.8 Å². The largest absolute Gasteiger partial charge is 0.388 e. The van der Waals surface area contributed by atoms with Crippen LogP contribution in [0, 0.1) is 5.82 Å². The number of aliphatic hydroxyl groups is 1. The maximum Gasteiger partial charge on any atom is 0.124 e. The van der Waals surface area contributed by atoms with Gasteiger partial charge < -0.3 is 10.4 Å². The fraction of sp³-hybridized carbons (Fsp3) is 0.400. The zero-order valence-corrected chi connectivity index (χ0v) is 12.5. The highest BCUT2D eigenvalue weighted by Crippen LogP contribution is 2.18. The molecule has 3 nitrogen and oxygen atoms in total. The third-order valence-electron chi connectivity index (χ3n) is 3.03. The van der Waals surface area contributed by atoms with Gasteiger partial charge in [-0.05, 0) is 36.9 Å². The van der Waals surface area contributed by atoms with E-state index in [1.165, 1.54) is 12.1 Å². The standard InChI is InChI=1S/C15H19FN2OS/c1-15(19,10-20-2)9-17-8-12-7-13(16)6-11-4-3-5-18-14(11)12/h3-7,17,19H,8-10H2,1-2H3. The SMILES string of the molecule is CSCC(C)(O)CNCc1cc(F)cc2cccnc12. The Morgan fingerprint density at radius 2 is 2.25 bits per heavy atom. The Kier molecular flexibility index (Phi) is 4.96. The Morgan fingerprint density at radius 1 is 1.45 bits per heavy atom. The fourth-order valence-electron chi connectivity index (χ4n) is 2.19. The number of halogens is 1. The molecule has 0 aliphatic rings. The average Bonchev–Trinajstić information content (AvgIpc) is 2.38. The summed E-state index contributed by atoms with van der Waals surface area (Å²) in [7, 11) is 0. The van der Waals surface area contributed by atoms with Crippen LogP contribution in [0.5, 0.6) is 0 Å². The van der Waals surface area contributed by atoms with Crippen LogP contribution < -0.4 is 5.32 Å². The van der Waals surface area contributed by atoms with Crippen LogP contribution in [-0.4, -0.2) is 34.2 Å². The monoisotopic (exact) mass is 294 g/mol. The first-order chi connectivity index (χ1) is 9.52. The Balaban J connectivity index is 2.10. The number of thioether (sulfide) groups is 1. The molecule has 0 radical (unpaired) electrons. The summed E-state index contributed by atoms with van der Waals surface area (Å²) in [5.41, 5.74) is 0.835. The van der Waals surface area contributed by atoms with Crippen molar-refractivity contribution in [1.29, 1.82) is 0 Å². The lowest BCUT2D eigenvalue weighted by Gasteiger charge is -2.22. The van der Waals surface area contributed by atoms with Crippen LogP contribution >= 0.6 is 11.8 Å². The second-order valence-electron chi connectivity index (χ2n) is 5.17. The van der Waals surface area contributed by atoms with Gasteiger partial charge in [-0.3, -0.25) is 4.98 Å². The second-order valence-corrected chi connectivity index (χ2v) is 6.04. The molecule has 2 rings (SSSR count). The number of rotatable bonds is 6. The van der Waals surface area contributed by atoms with E-state index in [9.17, 15) is 9.50 Å². The van der Waals surface area contributed by atoms with Crippen molar-refractivity contribution >= 4 is 22.7 Å². The number of hydrogen-bond acceptors (Lipinski definition) is 4. The Morgan fingerprint density at radius 3 is 3.00 bits per heavy atom. The number of aromatic nitrogens is 1.